The van der Waals surface area contributed by atoms with Crippen molar-refractivity contribution in [2.45, 2.75) is 33.2 Å². The molecule has 2 heterocycles. The second-order valence-electron chi connectivity index (χ2n) is 7.61. The number of ether oxygens (including phenoxy) is 2. The number of aromatic nitrogens is 1. The molecule has 1 atom stereocenters. The van der Waals surface area contributed by atoms with E-state index >= 15 is 0 Å². The Bertz CT molecular complexity index is 900. The van der Waals surface area contributed by atoms with Crippen molar-refractivity contribution in [2.24, 2.45) is 0 Å². The van der Waals surface area contributed by atoms with Crippen LogP contribution in [0.25, 0.3) is 0 Å². The molecule has 162 valence electrons. The van der Waals surface area contributed by atoms with Crippen molar-refractivity contribution in [1.29, 1.82) is 0 Å². The number of morpholine rings is 1. The normalized spacial score (nSPS) is 15.6. The number of aryl methyl sites for hydroxylation is 2. The van der Waals surface area contributed by atoms with E-state index < -0.39 is 5.97 Å². The van der Waals surface area contributed by atoms with Gasteiger partial charge in [-0.15, -0.1) is 0 Å². The smallest absolute Gasteiger partial charge is 0.339 e. The van der Waals surface area contributed by atoms with E-state index in [-0.39, 0.29) is 11.9 Å². The zero-order chi connectivity index (χ0) is 21.7. The van der Waals surface area contributed by atoms with Gasteiger partial charge in [-0.05, 0) is 31.4 Å². The highest BCUT2D eigenvalue weighted by Gasteiger charge is 2.26. The summed E-state index contributed by atoms with van der Waals surface area (Å²) in [5.74, 6) is -0.645. The summed E-state index contributed by atoms with van der Waals surface area (Å²) >= 11 is 0. The monoisotopic (exact) mass is 413 g/mol. The lowest BCUT2D eigenvalue weighted by molar-refractivity contribution is 0.0162. The number of carbonyl (C=O) groups is 2. The van der Waals surface area contributed by atoms with Crippen LogP contribution >= 0.6 is 0 Å². The number of esters is 1. The fourth-order valence-corrected chi connectivity index (χ4v) is 4.03. The van der Waals surface area contributed by atoms with Crippen molar-refractivity contribution in [2.75, 3.05) is 40.0 Å². The first-order valence-electron chi connectivity index (χ1n) is 10.4. The Morgan fingerprint density at radius 1 is 1.27 bits per heavy atom. The Labute approximate surface area is 177 Å². The average molecular weight is 414 g/mol. The minimum atomic E-state index is -0.425. The highest BCUT2D eigenvalue weighted by atomic mass is 16.5. The molecule has 7 nitrogen and oxygen atoms in total. The van der Waals surface area contributed by atoms with Gasteiger partial charge >= 0.3 is 5.97 Å². The van der Waals surface area contributed by atoms with Gasteiger partial charge in [-0.25, -0.2) is 4.79 Å². The number of nitrogens with zero attached hydrogens (tertiary/aromatic N) is 1. The van der Waals surface area contributed by atoms with Gasteiger partial charge in [0.25, 0.3) is 5.91 Å². The molecule has 1 unspecified atom stereocenters. The Hall–Kier alpha value is -2.64. The van der Waals surface area contributed by atoms with E-state index in [4.69, 9.17) is 9.47 Å². The topological polar surface area (TPSA) is 83.7 Å². The lowest BCUT2D eigenvalue weighted by Gasteiger charge is -2.35. The summed E-state index contributed by atoms with van der Waals surface area (Å²) in [5.41, 5.74) is 4.56. The molecule has 1 fully saturated rings. The molecular formula is C23H31N3O4. The van der Waals surface area contributed by atoms with E-state index in [1.807, 2.05) is 13.0 Å². The molecule has 1 aliphatic rings. The minimum absolute atomic E-state index is 0.0544. The van der Waals surface area contributed by atoms with Gasteiger partial charge < -0.3 is 19.8 Å². The summed E-state index contributed by atoms with van der Waals surface area (Å²) in [6, 6.07) is 8.44. The third-order valence-electron chi connectivity index (χ3n) is 5.67. The van der Waals surface area contributed by atoms with Crippen molar-refractivity contribution in [1.82, 2.24) is 15.2 Å². The van der Waals surface area contributed by atoms with Gasteiger partial charge in [-0.2, -0.15) is 0 Å². The number of benzene rings is 1. The predicted molar refractivity (Wildman–Crippen MR) is 115 cm³/mol. The van der Waals surface area contributed by atoms with E-state index in [0.29, 0.717) is 48.7 Å². The van der Waals surface area contributed by atoms with Crippen LogP contribution in [0.2, 0.25) is 0 Å². The summed E-state index contributed by atoms with van der Waals surface area (Å²) < 4.78 is 10.4. The van der Waals surface area contributed by atoms with E-state index in [2.05, 4.69) is 40.3 Å². The van der Waals surface area contributed by atoms with Crippen LogP contribution < -0.4 is 5.32 Å². The van der Waals surface area contributed by atoms with E-state index in [9.17, 15) is 9.59 Å². The van der Waals surface area contributed by atoms with Gasteiger partial charge in [-0.3, -0.25) is 9.69 Å². The predicted octanol–water partition coefficient (Wildman–Crippen LogP) is 2.78. The lowest BCUT2D eigenvalue weighted by Crippen LogP contribution is -2.44. The molecule has 2 aromatic rings. The van der Waals surface area contributed by atoms with Gasteiger partial charge in [0, 0.05) is 25.3 Å². The Morgan fingerprint density at radius 3 is 2.63 bits per heavy atom. The van der Waals surface area contributed by atoms with E-state index in [1.54, 1.807) is 6.92 Å². The van der Waals surface area contributed by atoms with Crippen LogP contribution in [0.1, 0.15) is 56.2 Å². The van der Waals surface area contributed by atoms with Crippen molar-refractivity contribution in [3.05, 3.63) is 57.9 Å². The number of aromatic amines is 1. The minimum Gasteiger partial charge on any atom is -0.465 e. The molecule has 0 spiro atoms. The molecule has 2 N–H and O–H groups in total. The van der Waals surface area contributed by atoms with Crippen molar-refractivity contribution >= 4 is 11.9 Å². The Kier molecular flexibility index (Phi) is 7.29. The molecule has 30 heavy (non-hydrogen) atoms. The molecule has 0 radical (unpaired) electrons. The summed E-state index contributed by atoms with van der Waals surface area (Å²) in [6.07, 6.45) is 0.609. The van der Waals surface area contributed by atoms with Crippen LogP contribution in [0.15, 0.2) is 24.3 Å². The maximum absolute atomic E-state index is 13.0. The van der Waals surface area contributed by atoms with Crippen LogP contribution in [0.3, 0.4) is 0 Å². The first-order chi connectivity index (χ1) is 14.5. The SMILES string of the molecule is CCc1[nH]c(C(=O)NCC(c2cccc(C)c2)N2CCOCC2)c(C)c1C(=O)OC. The molecule has 0 aliphatic carbocycles. The van der Waals surface area contributed by atoms with Crippen LogP contribution in [0.4, 0.5) is 0 Å². The molecule has 1 amide bonds. The molecule has 7 heteroatoms. The molecule has 3 rings (SSSR count). The zero-order valence-electron chi connectivity index (χ0n) is 18.2. The largest absolute Gasteiger partial charge is 0.465 e. The summed E-state index contributed by atoms with van der Waals surface area (Å²) in [4.78, 5) is 30.6. The van der Waals surface area contributed by atoms with Gasteiger partial charge in [0.1, 0.15) is 5.69 Å². The van der Waals surface area contributed by atoms with Crippen molar-refractivity contribution in [3.8, 4) is 0 Å². The van der Waals surface area contributed by atoms with Gasteiger partial charge in [0.15, 0.2) is 0 Å². The first-order valence-corrected chi connectivity index (χ1v) is 10.4. The van der Waals surface area contributed by atoms with Crippen molar-refractivity contribution in [3.63, 3.8) is 0 Å². The molecule has 1 aromatic carbocycles. The second kappa shape index (κ2) is 9.91. The van der Waals surface area contributed by atoms with E-state index in [0.717, 1.165) is 13.1 Å². The molecule has 1 aromatic heterocycles. The van der Waals surface area contributed by atoms with Gasteiger partial charge in [0.05, 0.1) is 31.9 Å². The van der Waals surface area contributed by atoms with Crippen LogP contribution in [-0.2, 0) is 15.9 Å². The number of rotatable bonds is 7. The highest BCUT2D eigenvalue weighted by molar-refractivity contribution is 6.00. The maximum Gasteiger partial charge on any atom is 0.339 e. The Balaban J connectivity index is 1.81. The fourth-order valence-electron chi connectivity index (χ4n) is 4.03. The van der Waals surface area contributed by atoms with Gasteiger partial charge in [-0.1, -0.05) is 36.8 Å². The van der Waals surface area contributed by atoms with Gasteiger partial charge in [0.2, 0.25) is 0 Å². The number of H-pyrrole nitrogens is 1. The molecule has 0 bridgehead atoms. The number of hydrogen-bond acceptors (Lipinski definition) is 5. The third-order valence-corrected chi connectivity index (χ3v) is 5.67. The zero-order valence-corrected chi connectivity index (χ0v) is 18.2. The third kappa shape index (κ3) is 4.74. The molecule has 1 aliphatic heterocycles. The summed E-state index contributed by atoms with van der Waals surface area (Å²) in [6.45, 7) is 9.27. The molecule has 0 saturated carbocycles. The number of hydrogen-bond donors (Lipinski definition) is 2. The number of amides is 1. The summed E-state index contributed by atoms with van der Waals surface area (Å²) in [5, 5.41) is 3.07. The standard InChI is InChI=1S/C23H31N3O4/c1-5-18-20(23(28)29-4)16(3)21(25-18)22(27)24-14-19(26-9-11-30-12-10-26)17-8-6-7-15(2)13-17/h6-8,13,19,25H,5,9-12,14H2,1-4H3,(H,24,27). The number of nitrogens with one attached hydrogen (secondary N) is 2. The van der Waals surface area contributed by atoms with E-state index in [1.165, 1.54) is 18.2 Å². The Morgan fingerprint density at radius 2 is 2.00 bits per heavy atom. The summed E-state index contributed by atoms with van der Waals surface area (Å²) in [7, 11) is 1.35. The highest BCUT2D eigenvalue weighted by Crippen LogP contribution is 2.24. The second-order valence-corrected chi connectivity index (χ2v) is 7.61. The molecular weight excluding hydrogens is 382 g/mol. The molecule has 1 saturated heterocycles. The number of carbonyl (C=O) groups excluding carboxylic acids is 2. The van der Waals surface area contributed by atoms with Crippen molar-refractivity contribution < 1.29 is 19.1 Å². The average Bonchev–Trinajstić information content (AvgIpc) is 3.10. The number of methoxy groups -OCH3 is 1. The van der Waals surface area contributed by atoms with Crippen LogP contribution in [0, 0.1) is 13.8 Å². The van der Waals surface area contributed by atoms with Crippen LogP contribution in [-0.4, -0.2) is 61.7 Å². The maximum atomic E-state index is 13.0. The van der Waals surface area contributed by atoms with Crippen LogP contribution in [0.5, 0.6) is 0 Å². The first kappa shape index (κ1) is 22.1. The fraction of sp³-hybridized carbons (Fsp3) is 0.478. The quantitative estimate of drug-likeness (QED) is 0.682. The lowest BCUT2D eigenvalue weighted by atomic mass is 10.0.